The standard InChI is InChI=1S/C24H26N8O3S/c1-4-36(35)17-8-5-14(9-25-17)10-26-21-24(34)32(13(2)3)22-16(30-21)11-27-20(31-22)18-19(15-6-7-15)28-12-29-23(18)33/h5,8-9,11-13,15H,4,6-7,10H2,1-3H3,(H,26,30)(H,28,29,33). The van der Waals surface area contributed by atoms with Crippen LogP contribution in [0.3, 0.4) is 0 Å². The minimum atomic E-state index is -1.12. The fraction of sp³-hybridized carbons (Fsp3) is 0.375. The fourth-order valence-corrected chi connectivity index (χ4v) is 4.68. The number of fused-ring (bicyclic) bond motifs is 1. The SMILES string of the molecule is CCS(=O)c1ccc(CNc2nc3cnc(-c4c(C5CC5)nc[nH]c4=O)nc3n(C(C)C)c2=O)cn1. The molecule has 0 amide bonds. The molecule has 186 valence electrons. The molecule has 1 fully saturated rings. The van der Waals surface area contributed by atoms with Gasteiger partial charge in [-0.1, -0.05) is 13.0 Å². The molecule has 1 aliphatic carbocycles. The highest BCUT2D eigenvalue weighted by Crippen LogP contribution is 2.41. The number of pyridine rings is 1. The number of nitrogens with zero attached hydrogens (tertiary/aromatic N) is 6. The molecule has 1 aliphatic rings. The van der Waals surface area contributed by atoms with E-state index in [4.69, 9.17) is 0 Å². The van der Waals surface area contributed by atoms with Crippen LogP contribution >= 0.6 is 0 Å². The Bertz CT molecular complexity index is 1580. The first-order valence-electron chi connectivity index (χ1n) is 11.8. The summed E-state index contributed by atoms with van der Waals surface area (Å²) in [4.78, 5) is 50.8. The maximum atomic E-state index is 13.4. The molecule has 11 nitrogen and oxygen atoms in total. The van der Waals surface area contributed by atoms with Gasteiger partial charge in [0.2, 0.25) is 0 Å². The second-order valence-corrected chi connectivity index (χ2v) is 10.6. The third kappa shape index (κ3) is 4.55. The van der Waals surface area contributed by atoms with E-state index in [2.05, 4.69) is 35.2 Å². The van der Waals surface area contributed by atoms with E-state index in [1.54, 1.807) is 16.8 Å². The van der Waals surface area contributed by atoms with E-state index in [0.29, 0.717) is 39.7 Å². The van der Waals surface area contributed by atoms with Crippen LogP contribution in [0.1, 0.15) is 56.8 Å². The first kappa shape index (κ1) is 23.9. The van der Waals surface area contributed by atoms with Gasteiger partial charge in [0.05, 0.1) is 29.0 Å². The number of aromatic nitrogens is 7. The van der Waals surface area contributed by atoms with E-state index in [-0.39, 0.29) is 34.7 Å². The number of H-pyrrole nitrogens is 1. The number of hydrogen-bond acceptors (Lipinski definition) is 9. The average molecular weight is 507 g/mol. The molecule has 5 rings (SSSR count). The Hall–Kier alpha value is -3.80. The molecular weight excluding hydrogens is 480 g/mol. The number of rotatable bonds is 8. The van der Waals surface area contributed by atoms with Crippen LogP contribution < -0.4 is 16.4 Å². The summed E-state index contributed by atoms with van der Waals surface area (Å²) in [5.74, 6) is 1.11. The third-order valence-electron chi connectivity index (χ3n) is 5.97. The minimum Gasteiger partial charge on any atom is -0.361 e. The highest BCUT2D eigenvalue weighted by Gasteiger charge is 2.30. The van der Waals surface area contributed by atoms with E-state index >= 15 is 0 Å². The summed E-state index contributed by atoms with van der Waals surface area (Å²) in [6, 6.07) is 3.33. The van der Waals surface area contributed by atoms with Crippen LogP contribution in [0.25, 0.3) is 22.6 Å². The molecule has 0 saturated heterocycles. The molecule has 4 heterocycles. The topological polar surface area (TPSA) is 148 Å². The van der Waals surface area contributed by atoms with E-state index in [1.165, 1.54) is 12.5 Å². The van der Waals surface area contributed by atoms with Gasteiger partial charge >= 0.3 is 0 Å². The second kappa shape index (κ2) is 9.69. The van der Waals surface area contributed by atoms with Crippen molar-refractivity contribution in [2.24, 2.45) is 0 Å². The van der Waals surface area contributed by atoms with E-state index in [1.807, 2.05) is 26.8 Å². The van der Waals surface area contributed by atoms with Crippen molar-refractivity contribution in [3.8, 4) is 11.4 Å². The molecule has 1 unspecified atom stereocenters. The maximum Gasteiger partial charge on any atom is 0.295 e. The number of anilines is 1. The van der Waals surface area contributed by atoms with Crippen molar-refractivity contribution in [1.82, 2.24) is 34.5 Å². The fourth-order valence-electron chi connectivity index (χ4n) is 4.00. The molecule has 36 heavy (non-hydrogen) atoms. The molecule has 0 aliphatic heterocycles. The molecule has 12 heteroatoms. The minimum absolute atomic E-state index is 0.159. The monoisotopic (exact) mass is 506 g/mol. The predicted octanol–water partition coefficient (Wildman–Crippen LogP) is 2.53. The van der Waals surface area contributed by atoms with Gasteiger partial charge in [-0.3, -0.25) is 18.4 Å². The molecule has 2 N–H and O–H groups in total. The summed E-state index contributed by atoms with van der Waals surface area (Å²) in [7, 11) is -1.12. The van der Waals surface area contributed by atoms with Crippen LogP contribution in [0.4, 0.5) is 5.82 Å². The van der Waals surface area contributed by atoms with Crippen LogP contribution in [0.2, 0.25) is 0 Å². The summed E-state index contributed by atoms with van der Waals surface area (Å²) in [5.41, 5.74) is 1.98. The zero-order valence-corrected chi connectivity index (χ0v) is 21.0. The highest BCUT2D eigenvalue weighted by atomic mass is 32.2. The highest BCUT2D eigenvalue weighted by molar-refractivity contribution is 7.84. The Kier molecular flexibility index (Phi) is 6.44. The van der Waals surface area contributed by atoms with Gasteiger partial charge in [0.1, 0.15) is 16.1 Å². The lowest BCUT2D eigenvalue weighted by Crippen LogP contribution is -2.28. The Morgan fingerprint density at radius 1 is 1.14 bits per heavy atom. The summed E-state index contributed by atoms with van der Waals surface area (Å²) in [6.07, 6.45) is 6.51. The van der Waals surface area contributed by atoms with Gasteiger partial charge < -0.3 is 10.3 Å². The Labute approximate surface area is 209 Å². The summed E-state index contributed by atoms with van der Waals surface area (Å²) >= 11 is 0. The van der Waals surface area contributed by atoms with E-state index < -0.39 is 10.8 Å². The van der Waals surface area contributed by atoms with Gasteiger partial charge in [0.25, 0.3) is 11.1 Å². The first-order chi connectivity index (χ1) is 17.4. The van der Waals surface area contributed by atoms with Gasteiger partial charge in [0.15, 0.2) is 17.3 Å². The first-order valence-corrected chi connectivity index (χ1v) is 13.1. The summed E-state index contributed by atoms with van der Waals surface area (Å²) < 4.78 is 13.5. The van der Waals surface area contributed by atoms with Crippen LogP contribution in [0.15, 0.2) is 45.5 Å². The molecule has 0 radical (unpaired) electrons. The van der Waals surface area contributed by atoms with E-state index in [0.717, 1.165) is 18.4 Å². The van der Waals surface area contributed by atoms with Crippen LogP contribution in [-0.2, 0) is 17.3 Å². The van der Waals surface area contributed by atoms with Gasteiger partial charge in [0, 0.05) is 30.5 Å². The molecule has 0 aromatic carbocycles. The third-order valence-corrected chi connectivity index (χ3v) is 7.20. The van der Waals surface area contributed by atoms with Crippen molar-refractivity contribution in [3.63, 3.8) is 0 Å². The van der Waals surface area contributed by atoms with Crippen molar-refractivity contribution in [2.45, 2.75) is 57.1 Å². The lowest BCUT2D eigenvalue weighted by Gasteiger charge is -2.16. The Morgan fingerprint density at radius 2 is 1.94 bits per heavy atom. The molecule has 1 atom stereocenters. The second-order valence-electron chi connectivity index (χ2n) is 8.89. The zero-order chi connectivity index (χ0) is 25.4. The predicted molar refractivity (Wildman–Crippen MR) is 136 cm³/mol. The van der Waals surface area contributed by atoms with Crippen molar-refractivity contribution >= 4 is 27.8 Å². The lowest BCUT2D eigenvalue weighted by atomic mass is 10.1. The van der Waals surface area contributed by atoms with Gasteiger partial charge in [-0.2, -0.15) is 0 Å². The number of nitrogens with one attached hydrogen (secondary N) is 2. The number of aromatic amines is 1. The molecule has 4 aromatic rings. The normalized spacial score (nSPS) is 14.3. The van der Waals surface area contributed by atoms with Gasteiger partial charge in [-0.15, -0.1) is 0 Å². The van der Waals surface area contributed by atoms with Crippen molar-refractivity contribution in [3.05, 3.63) is 62.8 Å². The molecule has 0 bridgehead atoms. The van der Waals surface area contributed by atoms with Crippen LogP contribution in [0.5, 0.6) is 0 Å². The summed E-state index contributed by atoms with van der Waals surface area (Å²) in [5, 5.41) is 3.61. The van der Waals surface area contributed by atoms with Crippen molar-refractivity contribution < 1.29 is 4.21 Å². The van der Waals surface area contributed by atoms with Crippen molar-refractivity contribution in [1.29, 1.82) is 0 Å². The molecule has 4 aromatic heterocycles. The Morgan fingerprint density at radius 3 is 2.61 bits per heavy atom. The lowest BCUT2D eigenvalue weighted by molar-refractivity contribution is 0.593. The smallest absolute Gasteiger partial charge is 0.295 e. The molecule has 1 saturated carbocycles. The molecular formula is C24H26N8O3S. The quantitative estimate of drug-likeness (QED) is 0.368. The van der Waals surface area contributed by atoms with Gasteiger partial charge in [-0.25, -0.2) is 24.9 Å². The molecule has 0 spiro atoms. The van der Waals surface area contributed by atoms with Gasteiger partial charge in [-0.05, 0) is 38.3 Å². The van der Waals surface area contributed by atoms with Crippen molar-refractivity contribution in [2.75, 3.05) is 11.1 Å². The zero-order valence-electron chi connectivity index (χ0n) is 20.2. The van der Waals surface area contributed by atoms with Crippen LogP contribution in [0, 0.1) is 0 Å². The largest absolute Gasteiger partial charge is 0.361 e. The maximum absolute atomic E-state index is 13.4. The number of hydrogen-bond donors (Lipinski definition) is 2. The van der Waals surface area contributed by atoms with E-state index in [9.17, 15) is 13.8 Å². The summed E-state index contributed by atoms with van der Waals surface area (Å²) in [6.45, 7) is 5.92. The Balaban J connectivity index is 1.52. The van der Waals surface area contributed by atoms with Crippen LogP contribution in [-0.4, -0.2) is 44.4 Å². The average Bonchev–Trinajstić information content (AvgIpc) is 3.72.